The van der Waals surface area contributed by atoms with E-state index >= 15 is 0 Å². The minimum absolute atomic E-state index is 0.154. The van der Waals surface area contributed by atoms with Gasteiger partial charge in [0.05, 0.1) is 7.11 Å². The first kappa shape index (κ1) is 19.2. The molecule has 2 aromatic rings. The van der Waals surface area contributed by atoms with E-state index in [-0.39, 0.29) is 11.8 Å². The lowest BCUT2D eigenvalue weighted by Gasteiger charge is -2.17. The second-order valence-corrected chi connectivity index (χ2v) is 7.06. The van der Waals surface area contributed by atoms with Crippen molar-refractivity contribution in [2.75, 3.05) is 25.1 Å². The zero-order chi connectivity index (χ0) is 19.4. The standard InChI is InChI=1S/C21H23ClN2O3/c1-14-13-16(5-8-19(14)22)24-12-10-18(21(24)26)20(25)23-11-9-15-3-6-17(27-2)7-4-15/h3-8,13,18H,9-12H2,1-2H3,(H,23,25). The third kappa shape index (κ3) is 4.42. The molecule has 0 bridgehead atoms. The van der Waals surface area contributed by atoms with Crippen LogP contribution in [0.25, 0.3) is 0 Å². The number of halogens is 1. The second kappa shape index (κ2) is 8.44. The van der Waals surface area contributed by atoms with Crippen LogP contribution in [0.2, 0.25) is 5.02 Å². The smallest absolute Gasteiger partial charge is 0.239 e. The second-order valence-electron chi connectivity index (χ2n) is 6.65. The molecule has 5 nitrogen and oxygen atoms in total. The van der Waals surface area contributed by atoms with Crippen molar-refractivity contribution in [3.8, 4) is 5.75 Å². The van der Waals surface area contributed by atoms with E-state index in [1.54, 1.807) is 18.1 Å². The van der Waals surface area contributed by atoms with Gasteiger partial charge in [0.1, 0.15) is 11.7 Å². The Kier molecular flexibility index (Phi) is 6.01. The van der Waals surface area contributed by atoms with Gasteiger partial charge in [0.2, 0.25) is 11.8 Å². The van der Waals surface area contributed by atoms with Crippen molar-refractivity contribution in [1.29, 1.82) is 0 Å². The Labute approximate surface area is 164 Å². The van der Waals surface area contributed by atoms with Gasteiger partial charge in [-0.2, -0.15) is 0 Å². The molecule has 0 aromatic heterocycles. The van der Waals surface area contributed by atoms with Crippen LogP contribution in [0.15, 0.2) is 42.5 Å². The number of amides is 2. The average Bonchev–Trinajstić information content (AvgIpc) is 3.06. The van der Waals surface area contributed by atoms with Gasteiger partial charge in [0.15, 0.2) is 0 Å². The number of rotatable bonds is 6. The van der Waals surface area contributed by atoms with Crippen molar-refractivity contribution in [2.24, 2.45) is 5.92 Å². The molecule has 6 heteroatoms. The molecule has 1 unspecified atom stereocenters. The quantitative estimate of drug-likeness (QED) is 0.774. The van der Waals surface area contributed by atoms with Gasteiger partial charge in [-0.3, -0.25) is 9.59 Å². The number of ether oxygens (including phenoxy) is 1. The summed E-state index contributed by atoms with van der Waals surface area (Å²) < 4.78 is 5.13. The van der Waals surface area contributed by atoms with Gasteiger partial charge in [0.25, 0.3) is 0 Å². The summed E-state index contributed by atoms with van der Waals surface area (Å²) in [7, 11) is 1.63. The number of nitrogens with zero attached hydrogens (tertiary/aromatic N) is 1. The fourth-order valence-corrected chi connectivity index (χ4v) is 3.34. The Balaban J connectivity index is 1.54. The molecule has 1 atom stereocenters. The first-order valence-corrected chi connectivity index (χ1v) is 9.35. The molecular formula is C21H23ClN2O3. The van der Waals surface area contributed by atoms with Crippen LogP contribution < -0.4 is 15.0 Å². The van der Waals surface area contributed by atoms with Gasteiger partial charge in [-0.25, -0.2) is 0 Å². The lowest BCUT2D eigenvalue weighted by atomic mass is 10.1. The monoisotopic (exact) mass is 386 g/mol. The van der Waals surface area contributed by atoms with Gasteiger partial charge in [-0.1, -0.05) is 23.7 Å². The molecule has 0 aliphatic carbocycles. The van der Waals surface area contributed by atoms with Crippen LogP contribution in [0.4, 0.5) is 5.69 Å². The maximum Gasteiger partial charge on any atom is 0.239 e. The molecule has 0 radical (unpaired) electrons. The highest BCUT2D eigenvalue weighted by Crippen LogP contribution is 2.28. The number of hydrogen-bond donors (Lipinski definition) is 1. The topological polar surface area (TPSA) is 58.6 Å². The molecule has 2 amide bonds. The van der Waals surface area contributed by atoms with Crippen LogP contribution in [-0.4, -0.2) is 32.0 Å². The minimum atomic E-state index is -0.628. The number of carbonyl (C=O) groups is 2. The summed E-state index contributed by atoms with van der Waals surface area (Å²) in [5.74, 6) is -0.186. The summed E-state index contributed by atoms with van der Waals surface area (Å²) in [5, 5.41) is 3.55. The summed E-state index contributed by atoms with van der Waals surface area (Å²) in [5.41, 5.74) is 2.80. The van der Waals surface area contributed by atoms with Crippen molar-refractivity contribution in [3.63, 3.8) is 0 Å². The molecule has 0 saturated carbocycles. The minimum Gasteiger partial charge on any atom is -0.497 e. The van der Waals surface area contributed by atoms with Gasteiger partial charge in [0, 0.05) is 23.8 Å². The zero-order valence-corrected chi connectivity index (χ0v) is 16.3. The average molecular weight is 387 g/mol. The lowest BCUT2D eigenvalue weighted by Crippen LogP contribution is -2.37. The van der Waals surface area contributed by atoms with Crippen molar-refractivity contribution in [2.45, 2.75) is 19.8 Å². The molecule has 2 aromatic carbocycles. The van der Waals surface area contributed by atoms with Crippen molar-refractivity contribution < 1.29 is 14.3 Å². The van der Waals surface area contributed by atoms with Crippen LogP contribution >= 0.6 is 11.6 Å². The number of aryl methyl sites for hydroxylation is 1. The number of methoxy groups -OCH3 is 1. The van der Waals surface area contributed by atoms with E-state index in [1.807, 2.05) is 43.3 Å². The van der Waals surface area contributed by atoms with Crippen molar-refractivity contribution >= 4 is 29.1 Å². The highest BCUT2D eigenvalue weighted by atomic mass is 35.5. The Bertz CT molecular complexity index is 836. The van der Waals surface area contributed by atoms with Crippen LogP contribution in [-0.2, 0) is 16.0 Å². The summed E-state index contributed by atoms with van der Waals surface area (Å²) in [6, 6.07) is 13.2. The maximum atomic E-state index is 12.7. The third-order valence-corrected chi connectivity index (χ3v) is 5.27. The lowest BCUT2D eigenvalue weighted by molar-refractivity contribution is -0.132. The van der Waals surface area contributed by atoms with E-state index in [0.717, 1.165) is 22.6 Å². The van der Waals surface area contributed by atoms with E-state index in [9.17, 15) is 9.59 Å². The number of nitrogens with one attached hydrogen (secondary N) is 1. The Morgan fingerprint density at radius 2 is 2.00 bits per heavy atom. The highest BCUT2D eigenvalue weighted by Gasteiger charge is 2.37. The normalized spacial score (nSPS) is 16.5. The predicted molar refractivity (Wildman–Crippen MR) is 106 cm³/mol. The first-order valence-electron chi connectivity index (χ1n) is 8.98. The molecule has 27 heavy (non-hydrogen) atoms. The van der Waals surface area contributed by atoms with E-state index in [1.165, 1.54) is 0 Å². The fourth-order valence-electron chi connectivity index (χ4n) is 3.22. The molecule has 142 valence electrons. The molecule has 1 N–H and O–H groups in total. The molecular weight excluding hydrogens is 364 g/mol. The first-order chi connectivity index (χ1) is 13.0. The van der Waals surface area contributed by atoms with Crippen LogP contribution in [0, 0.1) is 12.8 Å². The summed E-state index contributed by atoms with van der Waals surface area (Å²) in [6.45, 7) is 2.93. The van der Waals surface area contributed by atoms with Crippen LogP contribution in [0.5, 0.6) is 5.75 Å². The molecule has 1 fully saturated rings. The largest absolute Gasteiger partial charge is 0.497 e. The Hall–Kier alpha value is -2.53. The van der Waals surface area contributed by atoms with Gasteiger partial charge >= 0.3 is 0 Å². The predicted octanol–water partition coefficient (Wildman–Crippen LogP) is 3.37. The number of anilines is 1. The maximum absolute atomic E-state index is 12.7. The number of hydrogen-bond acceptors (Lipinski definition) is 3. The van der Waals surface area contributed by atoms with E-state index in [4.69, 9.17) is 16.3 Å². The van der Waals surface area contributed by atoms with E-state index in [0.29, 0.717) is 31.0 Å². The number of benzene rings is 2. The molecule has 3 rings (SSSR count). The molecule has 1 aliphatic rings. The highest BCUT2D eigenvalue weighted by molar-refractivity contribution is 6.31. The fraction of sp³-hybridized carbons (Fsp3) is 0.333. The Morgan fingerprint density at radius 1 is 1.26 bits per heavy atom. The van der Waals surface area contributed by atoms with Crippen LogP contribution in [0.1, 0.15) is 17.5 Å². The third-order valence-electron chi connectivity index (χ3n) is 4.85. The van der Waals surface area contributed by atoms with Crippen molar-refractivity contribution in [1.82, 2.24) is 5.32 Å². The van der Waals surface area contributed by atoms with Gasteiger partial charge in [-0.05, 0) is 61.2 Å². The summed E-state index contributed by atoms with van der Waals surface area (Å²) in [6.07, 6.45) is 1.23. The molecule has 1 saturated heterocycles. The zero-order valence-electron chi connectivity index (χ0n) is 15.5. The van der Waals surface area contributed by atoms with Crippen LogP contribution in [0.3, 0.4) is 0 Å². The SMILES string of the molecule is COc1ccc(CCNC(=O)C2CCN(c3ccc(Cl)c(C)c3)C2=O)cc1. The van der Waals surface area contributed by atoms with E-state index < -0.39 is 5.92 Å². The Morgan fingerprint density at radius 3 is 2.67 bits per heavy atom. The molecule has 1 aliphatic heterocycles. The molecule has 1 heterocycles. The molecule has 0 spiro atoms. The van der Waals surface area contributed by atoms with Gasteiger partial charge < -0.3 is 15.0 Å². The van der Waals surface area contributed by atoms with E-state index in [2.05, 4.69) is 5.32 Å². The summed E-state index contributed by atoms with van der Waals surface area (Å²) >= 11 is 6.05. The summed E-state index contributed by atoms with van der Waals surface area (Å²) in [4.78, 5) is 26.8. The van der Waals surface area contributed by atoms with Gasteiger partial charge in [-0.15, -0.1) is 0 Å². The van der Waals surface area contributed by atoms with Crippen molar-refractivity contribution in [3.05, 3.63) is 58.6 Å². The number of carbonyl (C=O) groups excluding carboxylic acids is 2.